The summed E-state index contributed by atoms with van der Waals surface area (Å²) in [5.41, 5.74) is 0.569. The van der Waals surface area contributed by atoms with Crippen LogP contribution in [0.3, 0.4) is 0 Å². The number of hydrogen-bond donors (Lipinski definition) is 2. The van der Waals surface area contributed by atoms with Crippen LogP contribution < -0.4 is 5.32 Å². The lowest BCUT2D eigenvalue weighted by Crippen LogP contribution is -2.48. The van der Waals surface area contributed by atoms with Crippen LogP contribution >= 0.6 is 0 Å². The van der Waals surface area contributed by atoms with Gasteiger partial charge in [-0.1, -0.05) is 13.8 Å². The summed E-state index contributed by atoms with van der Waals surface area (Å²) in [7, 11) is 0. The van der Waals surface area contributed by atoms with E-state index in [9.17, 15) is 9.90 Å². The first kappa shape index (κ1) is 14.4. The Bertz CT molecular complexity index is 618. The molecular weight excluding hydrogens is 258 g/mol. The minimum Gasteiger partial charge on any atom is -0.394 e. The molecule has 0 saturated heterocycles. The van der Waals surface area contributed by atoms with Crippen molar-refractivity contribution in [3.8, 4) is 0 Å². The quantitative estimate of drug-likeness (QED) is 0.834. The van der Waals surface area contributed by atoms with Crippen LogP contribution in [-0.2, 0) is 6.42 Å². The topological polar surface area (TPSA) is 92.4 Å². The van der Waals surface area contributed by atoms with Crippen molar-refractivity contribution in [2.75, 3.05) is 6.61 Å². The second kappa shape index (κ2) is 5.54. The van der Waals surface area contributed by atoms with E-state index in [2.05, 4.69) is 20.4 Å². The van der Waals surface area contributed by atoms with Crippen LogP contribution in [0.1, 0.15) is 43.2 Å². The van der Waals surface area contributed by atoms with Crippen LogP contribution in [0.25, 0.3) is 5.78 Å². The fourth-order valence-corrected chi connectivity index (χ4v) is 1.94. The standard InChI is InChI=1S/C13H19N5O2/c1-4-10-9(6-14-12-15-8-16-18(10)12)11(20)17-13(3,5-2)7-19/h6,8,19H,4-5,7H2,1-3H3,(H,17,20). The zero-order valence-electron chi connectivity index (χ0n) is 11.9. The summed E-state index contributed by atoms with van der Waals surface area (Å²) in [5, 5.41) is 16.3. The summed E-state index contributed by atoms with van der Waals surface area (Å²) in [5.74, 6) is 0.212. The molecule has 0 saturated carbocycles. The van der Waals surface area contributed by atoms with E-state index in [1.807, 2.05) is 13.8 Å². The number of aryl methyl sites for hydroxylation is 1. The molecule has 7 heteroatoms. The molecule has 1 atom stereocenters. The zero-order chi connectivity index (χ0) is 14.8. The summed E-state index contributed by atoms with van der Waals surface area (Å²) < 4.78 is 1.57. The molecule has 0 bridgehead atoms. The van der Waals surface area contributed by atoms with Crippen molar-refractivity contribution < 1.29 is 9.90 Å². The molecule has 2 aromatic rings. The Balaban J connectivity index is 2.39. The van der Waals surface area contributed by atoms with Gasteiger partial charge in [-0.15, -0.1) is 0 Å². The lowest BCUT2D eigenvalue weighted by molar-refractivity contribution is 0.0845. The Morgan fingerprint density at radius 2 is 2.20 bits per heavy atom. The van der Waals surface area contributed by atoms with Gasteiger partial charge in [0.15, 0.2) is 0 Å². The van der Waals surface area contributed by atoms with Crippen molar-refractivity contribution in [1.29, 1.82) is 0 Å². The lowest BCUT2D eigenvalue weighted by Gasteiger charge is -2.27. The third-order valence-corrected chi connectivity index (χ3v) is 3.53. The maximum absolute atomic E-state index is 12.4. The number of rotatable bonds is 5. The van der Waals surface area contributed by atoms with Gasteiger partial charge in [0.1, 0.15) is 6.33 Å². The average molecular weight is 277 g/mol. The van der Waals surface area contributed by atoms with Gasteiger partial charge in [0, 0.05) is 6.20 Å². The highest BCUT2D eigenvalue weighted by Crippen LogP contribution is 2.13. The average Bonchev–Trinajstić information content (AvgIpc) is 2.94. The molecule has 2 rings (SSSR count). The van der Waals surface area contributed by atoms with Gasteiger partial charge < -0.3 is 10.4 Å². The van der Waals surface area contributed by atoms with Gasteiger partial charge in [0.25, 0.3) is 11.7 Å². The third kappa shape index (κ3) is 2.49. The summed E-state index contributed by atoms with van der Waals surface area (Å²) >= 11 is 0. The van der Waals surface area contributed by atoms with Crippen LogP contribution in [0.4, 0.5) is 0 Å². The molecule has 0 aromatic carbocycles. The second-order valence-electron chi connectivity index (χ2n) is 4.97. The van der Waals surface area contributed by atoms with Crippen molar-refractivity contribution in [1.82, 2.24) is 24.9 Å². The summed E-state index contributed by atoms with van der Waals surface area (Å²) in [6.45, 7) is 5.54. The Morgan fingerprint density at radius 1 is 1.45 bits per heavy atom. The van der Waals surface area contributed by atoms with Crippen LogP contribution in [-0.4, -0.2) is 42.7 Å². The number of hydrogen-bond acceptors (Lipinski definition) is 5. The van der Waals surface area contributed by atoms with Crippen molar-refractivity contribution >= 4 is 11.7 Å². The minimum atomic E-state index is -0.639. The summed E-state index contributed by atoms with van der Waals surface area (Å²) in [6.07, 6.45) is 4.18. The van der Waals surface area contributed by atoms with E-state index in [0.29, 0.717) is 24.2 Å². The number of nitrogens with zero attached hydrogens (tertiary/aromatic N) is 4. The molecule has 7 nitrogen and oxygen atoms in total. The van der Waals surface area contributed by atoms with Crippen molar-refractivity contribution in [3.05, 3.63) is 23.8 Å². The lowest BCUT2D eigenvalue weighted by atomic mass is 9.99. The molecule has 2 N–H and O–H groups in total. The Morgan fingerprint density at radius 3 is 2.80 bits per heavy atom. The van der Waals surface area contributed by atoms with E-state index in [0.717, 1.165) is 5.69 Å². The van der Waals surface area contributed by atoms with Gasteiger partial charge in [-0.2, -0.15) is 10.1 Å². The first-order valence-corrected chi connectivity index (χ1v) is 6.65. The van der Waals surface area contributed by atoms with Gasteiger partial charge in [-0.3, -0.25) is 4.79 Å². The molecule has 0 spiro atoms. The van der Waals surface area contributed by atoms with Gasteiger partial charge in [0.05, 0.1) is 23.4 Å². The maximum Gasteiger partial charge on any atom is 0.255 e. The van der Waals surface area contributed by atoms with E-state index < -0.39 is 5.54 Å². The number of nitrogens with one attached hydrogen (secondary N) is 1. The predicted octanol–water partition coefficient (Wildman–Crippen LogP) is 0.577. The molecule has 0 fully saturated rings. The highest BCUT2D eigenvalue weighted by atomic mass is 16.3. The number of fused-ring (bicyclic) bond motifs is 1. The molecular formula is C13H19N5O2. The van der Waals surface area contributed by atoms with Crippen LogP contribution in [0.15, 0.2) is 12.5 Å². The molecule has 0 aliphatic carbocycles. The number of aliphatic hydroxyl groups is 1. The van der Waals surface area contributed by atoms with Crippen LogP contribution in [0.5, 0.6) is 0 Å². The molecule has 20 heavy (non-hydrogen) atoms. The smallest absolute Gasteiger partial charge is 0.255 e. The van der Waals surface area contributed by atoms with Gasteiger partial charge in [-0.05, 0) is 19.8 Å². The summed E-state index contributed by atoms with van der Waals surface area (Å²) in [6, 6.07) is 0. The fraction of sp³-hybridized carbons (Fsp3) is 0.538. The monoisotopic (exact) mass is 277 g/mol. The van der Waals surface area contributed by atoms with Crippen LogP contribution in [0, 0.1) is 0 Å². The van der Waals surface area contributed by atoms with E-state index in [1.54, 1.807) is 11.4 Å². The zero-order valence-corrected chi connectivity index (χ0v) is 11.9. The summed E-state index contributed by atoms with van der Waals surface area (Å²) in [4.78, 5) is 20.5. The maximum atomic E-state index is 12.4. The van der Waals surface area contributed by atoms with Crippen molar-refractivity contribution in [2.24, 2.45) is 0 Å². The van der Waals surface area contributed by atoms with E-state index in [1.165, 1.54) is 12.5 Å². The Kier molecular flexibility index (Phi) is 3.99. The molecule has 108 valence electrons. The van der Waals surface area contributed by atoms with Crippen LogP contribution in [0.2, 0.25) is 0 Å². The third-order valence-electron chi connectivity index (χ3n) is 3.53. The minimum absolute atomic E-state index is 0.115. The molecule has 0 aliphatic rings. The molecule has 2 heterocycles. The van der Waals surface area contributed by atoms with Gasteiger partial charge in [-0.25, -0.2) is 9.50 Å². The number of amides is 1. The molecule has 1 amide bonds. The Labute approximate surface area is 117 Å². The fourth-order valence-electron chi connectivity index (χ4n) is 1.94. The number of aliphatic hydroxyl groups excluding tert-OH is 1. The normalized spacial score (nSPS) is 14.2. The SMILES string of the molecule is CCc1c(C(=O)NC(C)(CC)CO)cnc2ncnn12. The number of carbonyl (C=O) groups excluding carboxylic acids is 1. The largest absolute Gasteiger partial charge is 0.394 e. The van der Waals surface area contributed by atoms with Gasteiger partial charge in [0.2, 0.25) is 0 Å². The van der Waals surface area contributed by atoms with Gasteiger partial charge >= 0.3 is 0 Å². The second-order valence-corrected chi connectivity index (χ2v) is 4.97. The number of carbonyl (C=O) groups is 1. The highest BCUT2D eigenvalue weighted by molar-refractivity contribution is 5.95. The van der Waals surface area contributed by atoms with Crippen molar-refractivity contribution in [3.63, 3.8) is 0 Å². The number of aromatic nitrogens is 4. The highest BCUT2D eigenvalue weighted by Gasteiger charge is 2.25. The van der Waals surface area contributed by atoms with Crippen molar-refractivity contribution in [2.45, 2.75) is 39.2 Å². The Hall–Kier alpha value is -2.02. The molecule has 2 aromatic heterocycles. The van der Waals surface area contributed by atoms with E-state index >= 15 is 0 Å². The van der Waals surface area contributed by atoms with E-state index in [4.69, 9.17) is 0 Å². The van der Waals surface area contributed by atoms with E-state index in [-0.39, 0.29) is 12.5 Å². The first-order valence-electron chi connectivity index (χ1n) is 6.65. The molecule has 0 radical (unpaired) electrons. The molecule has 1 unspecified atom stereocenters. The predicted molar refractivity (Wildman–Crippen MR) is 73.4 cm³/mol. The molecule has 0 aliphatic heterocycles. The first-order chi connectivity index (χ1) is 9.54.